The van der Waals surface area contributed by atoms with Gasteiger partial charge in [-0.3, -0.25) is 0 Å². The molecule has 0 saturated heterocycles. The first-order chi connectivity index (χ1) is 9.43. The Morgan fingerprint density at radius 1 is 0.905 bits per heavy atom. The van der Waals surface area contributed by atoms with Gasteiger partial charge >= 0.3 is 22.5 Å². The van der Waals surface area contributed by atoms with Crippen LogP contribution in [0, 0.1) is 0 Å². The summed E-state index contributed by atoms with van der Waals surface area (Å²) in [5.41, 5.74) is -0.356. The Morgan fingerprint density at radius 3 is 1.71 bits per heavy atom. The van der Waals surface area contributed by atoms with E-state index in [1.54, 1.807) is 12.1 Å². The van der Waals surface area contributed by atoms with Crippen molar-refractivity contribution < 1.29 is 46.5 Å². The summed E-state index contributed by atoms with van der Waals surface area (Å²) in [4.78, 5) is 20.4. The van der Waals surface area contributed by atoms with Crippen molar-refractivity contribution in [2.75, 3.05) is 0 Å². The predicted octanol–water partition coefficient (Wildman–Crippen LogP) is 0.212. The fourth-order valence-electron chi connectivity index (χ4n) is 1.29. The molecule has 0 saturated carbocycles. The summed E-state index contributed by atoms with van der Waals surface area (Å²) >= 11 is 0. The van der Waals surface area contributed by atoms with Crippen molar-refractivity contribution in [1.29, 1.82) is 0 Å². The van der Waals surface area contributed by atoms with Gasteiger partial charge in [0.25, 0.3) is 0 Å². The molecule has 0 aliphatic rings. The first-order valence-corrected chi connectivity index (χ1v) is 5.42. The number of carboxylic acid groups (broad SMARTS) is 2. The topological polar surface area (TPSA) is 121 Å². The van der Waals surface area contributed by atoms with Gasteiger partial charge in [-0.2, -0.15) is 0 Å². The number of rotatable bonds is 2. The molecule has 112 valence electrons. The van der Waals surface area contributed by atoms with E-state index in [4.69, 9.17) is 10.2 Å². The molecular formula is C14H10NiO6. The Morgan fingerprint density at radius 2 is 1.38 bits per heavy atom. The molecule has 0 heterocycles. The molecule has 2 rings (SSSR count). The Hall–Kier alpha value is -2.53. The Balaban J connectivity index is 0.000000364. The van der Waals surface area contributed by atoms with Crippen molar-refractivity contribution in [1.82, 2.24) is 0 Å². The maximum atomic E-state index is 10.6. The molecule has 0 amide bonds. The van der Waals surface area contributed by atoms with Crippen molar-refractivity contribution in [3.63, 3.8) is 0 Å². The van der Waals surface area contributed by atoms with Crippen molar-refractivity contribution >= 4 is 11.9 Å². The molecule has 0 aliphatic carbocycles. The second-order valence-corrected chi connectivity index (χ2v) is 3.61. The Labute approximate surface area is 130 Å². The van der Waals surface area contributed by atoms with Crippen molar-refractivity contribution in [3.8, 4) is 11.5 Å². The normalized spacial score (nSPS) is 8.76. The van der Waals surface area contributed by atoms with E-state index >= 15 is 0 Å². The largest absolute Gasteiger partial charge is 2.00 e. The zero-order chi connectivity index (χ0) is 15.1. The summed E-state index contributed by atoms with van der Waals surface area (Å²) < 4.78 is 0. The van der Waals surface area contributed by atoms with Crippen LogP contribution in [-0.2, 0) is 16.5 Å². The number of phenols is 1. The quantitative estimate of drug-likeness (QED) is 0.758. The van der Waals surface area contributed by atoms with Crippen molar-refractivity contribution in [3.05, 3.63) is 59.7 Å². The SMILES string of the molecule is O=C(O)c1ccccc1O.O=C([O-])c1ccccc1[O-].[Ni+2]. The molecule has 2 N–H and O–H groups in total. The van der Waals surface area contributed by atoms with Crippen LogP contribution < -0.4 is 10.2 Å². The number of hydrogen-bond donors (Lipinski definition) is 2. The minimum Gasteiger partial charge on any atom is -0.872 e. The van der Waals surface area contributed by atoms with E-state index in [0.717, 1.165) is 0 Å². The first-order valence-electron chi connectivity index (χ1n) is 5.42. The number of carboxylic acids is 2. The maximum absolute atomic E-state index is 10.6. The molecule has 21 heavy (non-hydrogen) atoms. The van der Waals surface area contributed by atoms with E-state index in [0.29, 0.717) is 0 Å². The van der Waals surface area contributed by atoms with Crippen LogP contribution in [0.5, 0.6) is 11.5 Å². The maximum Gasteiger partial charge on any atom is 2.00 e. The zero-order valence-electron chi connectivity index (χ0n) is 10.5. The van der Waals surface area contributed by atoms with Gasteiger partial charge in [-0.25, -0.2) is 4.79 Å². The smallest absolute Gasteiger partial charge is 0.872 e. The van der Waals surface area contributed by atoms with Crippen LogP contribution in [0.3, 0.4) is 0 Å². The van der Waals surface area contributed by atoms with Gasteiger partial charge in [0, 0.05) is 0 Å². The van der Waals surface area contributed by atoms with Gasteiger partial charge in [-0.1, -0.05) is 42.1 Å². The van der Waals surface area contributed by atoms with E-state index in [9.17, 15) is 19.8 Å². The summed E-state index contributed by atoms with van der Waals surface area (Å²) in [6, 6.07) is 11.2. The molecule has 7 heteroatoms. The van der Waals surface area contributed by atoms with Gasteiger partial charge in [0.1, 0.15) is 11.3 Å². The third-order valence-corrected chi connectivity index (χ3v) is 2.24. The minimum absolute atomic E-state index is 0. The molecule has 6 nitrogen and oxygen atoms in total. The molecule has 0 fully saturated rings. The van der Waals surface area contributed by atoms with E-state index in [2.05, 4.69) is 0 Å². The average molecular weight is 333 g/mol. The number of para-hydroxylation sites is 2. The molecule has 2 aromatic rings. The van der Waals surface area contributed by atoms with Crippen LogP contribution in [0.25, 0.3) is 0 Å². The molecule has 0 radical (unpaired) electrons. The summed E-state index contributed by atoms with van der Waals surface area (Å²) in [5.74, 6) is -3.25. The number of carbonyl (C=O) groups excluding carboxylic acids is 1. The fraction of sp³-hybridized carbons (Fsp3) is 0. The molecule has 0 aliphatic heterocycles. The third-order valence-electron chi connectivity index (χ3n) is 2.24. The summed E-state index contributed by atoms with van der Waals surface area (Å²) in [5, 5.41) is 38.1. The van der Waals surface area contributed by atoms with Crippen molar-refractivity contribution in [2.45, 2.75) is 0 Å². The number of carbonyl (C=O) groups is 2. The van der Waals surface area contributed by atoms with Crippen LogP contribution >= 0.6 is 0 Å². The molecular weight excluding hydrogens is 323 g/mol. The van der Waals surface area contributed by atoms with Gasteiger partial charge in [0.05, 0.1) is 5.97 Å². The first kappa shape index (κ1) is 18.5. The molecule has 0 aromatic heterocycles. The number of benzene rings is 2. The molecule has 0 spiro atoms. The van der Waals surface area contributed by atoms with Crippen molar-refractivity contribution in [2.24, 2.45) is 0 Å². The van der Waals surface area contributed by atoms with Crippen LogP contribution in [0.4, 0.5) is 0 Å². The van der Waals surface area contributed by atoms with Crippen LogP contribution in [0.2, 0.25) is 0 Å². The van der Waals surface area contributed by atoms with Crippen LogP contribution in [-0.4, -0.2) is 22.2 Å². The van der Waals surface area contributed by atoms with E-state index in [-0.39, 0.29) is 33.4 Å². The van der Waals surface area contributed by atoms with Gasteiger partial charge in [0.15, 0.2) is 0 Å². The van der Waals surface area contributed by atoms with E-state index in [1.165, 1.54) is 36.4 Å². The summed E-state index contributed by atoms with van der Waals surface area (Å²) in [7, 11) is 0. The zero-order valence-corrected chi connectivity index (χ0v) is 11.5. The average Bonchev–Trinajstić information content (AvgIpc) is 2.40. The summed E-state index contributed by atoms with van der Waals surface area (Å²) in [6.45, 7) is 0. The van der Waals surface area contributed by atoms with Crippen LogP contribution in [0.1, 0.15) is 20.7 Å². The molecule has 0 atom stereocenters. The standard InChI is InChI=1S/2C7H6O3.Ni/c2*8-6-4-2-1-3-5(6)7(9)10;/h2*1-4,8H,(H,9,10);/q;;+2/p-2. The molecule has 0 bridgehead atoms. The van der Waals surface area contributed by atoms with Gasteiger partial charge in [-0.15, -0.1) is 0 Å². The van der Waals surface area contributed by atoms with Gasteiger partial charge in [0.2, 0.25) is 0 Å². The van der Waals surface area contributed by atoms with E-state index < -0.39 is 17.7 Å². The second-order valence-electron chi connectivity index (χ2n) is 3.61. The monoisotopic (exact) mass is 332 g/mol. The second kappa shape index (κ2) is 8.61. The Bertz CT molecular complexity index is 571. The Kier molecular flexibility index (Phi) is 7.57. The van der Waals surface area contributed by atoms with Gasteiger partial charge < -0.3 is 25.2 Å². The number of aromatic hydroxyl groups is 1. The number of aromatic carboxylic acids is 2. The van der Waals surface area contributed by atoms with E-state index in [1.807, 2.05) is 0 Å². The predicted molar refractivity (Wildman–Crippen MR) is 65.3 cm³/mol. The van der Waals surface area contributed by atoms with Crippen LogP contribution in [0.15, 0.2) is 48.5 Å². The molecule has 2 aromatic carbocycles. The minimum atomic E-state index is -1.43. The molecule has 0 unspecified atom stereocenters. The van der Waals surface area contributed by atoms with Gasteiger partial charge in [-0.05, 0) is 17.7 Å². The fourth-order valence-corrected chi connectivity index (χ4v) is 1.29. The number of hydrogen-bond acceptors (Lipinski definition) is 5. The summed E-state index contributed by atoms with van der Waals surface area (Å²) in [6.07, 6.45) is 0. The third kappa shape index (κ3) is 5.54.